The summed E-state index contributed by atoms with van der Waals surface area (Å²) >= 11 is 0. The molecule has 4 nitrogen and oxygen atoms in total. The molecule has 0 saturated heterocycles. The molecule has 1 atom stereocenters. The molecule has 0 aromatic heterocycles. The largest absolute Gasteiger partial charge is 0.457 e. The quantitative estimate of drug-likeness (QED) is 0.0787. The maximum absolute atomic E-state index is 12.0. The van der Waals surface area contributed by atoms with Crippen LogP contribution in [0, 0.1) is 0 Å². The first-order chi connectivity index (χ1) is 16.2. The first-order valence-electron chi connectivity index (χ1n) is 14.3. The lowest BCUT2D eigenvalue weighted by molar-refractivity contribution is -0.154. The van der Waals surface area contributed by atoms with Gasteiger partial charge in [-0.2, -0.15) is 0 Å². The van der Waals surface area contributed by atoms with E-state index < -0.39 is 6.10 Å². The summed E-state index contributed by atoms with van der Waals surface area (Å²) in [5.74, 6) is -0.212. The van der Waals surface area contributed by atoms with Gasteiger partial charge in [0, 0.05) is 13.0 Å². The van der Waals surface area contributed by atoms with Crippen molar-refractivity contribution in [3.63, 3.8) is 0 Å². The van der Waals surface area contributed by atoms with Crippen LogP contribution >= 0.6 is 0 Å². The lowest BCUT2D eigenvalue weighted by Gasteiger charge is -2.15. The van der Waals surface area contributed by atoms with Gasteiger partial charge in [0.2, 0.25) is 0 Å². The highest BCUT2D eigenvalue weighted by atomic mass is 16.6. The predicted molar refractivity (Wildman–Crippen MR) is 141 cm³/mol. The number of hydrogen-bond acceptors (Lipinski definition) is 4. The molecule has 0 fully saturated rings. The molecule has 0 amide bonds. The van der Waals surface area contributed by atoms with Gasteiger partial charge in [0.15, 0.2) is 0 Å². The molecule has 1 N–H and O–H groups in total. The zero-order chi connectivity index (χ0) is 24.2. The average molecular weight is 469 g/mol. The third kappa shape index (κ3) is 25.6. The summed E-state index contributed by atoms with van der Waals surface area (Å²) in [7, 11) is 0. The van der Waals surface area contributed by atoms with Crippen LogP contribution in [0.4, 0.5) is 0 Å². The summed E-state index contributed by atoms with van der Waals surface area (Å²) in [5.41, 5.74) is 0. The zero-order valence-electron chi connectivity index (χ0n) is 22.2. The molecule has 1 unspecified atom stereocenters. The lowest BCUT2D eigenvalue weighted by Crippen LogP contribution is -2.27. The maximum atomic E-state index is 12.0. The van der Waals surface area contributed by atoms with E-state index in [1.807, 2.05) is 0 Å². The van der Waals surface area contributed by atoms with Crippen molar-refractivity contribution in [1.82, 2.24) is 0 Å². The van der Waals surface area contributed by atoms with Crippen LogP contribution in [0.15, 0.2) is 12.2 Å². The Morgan fingerprint density at radius 2 is 1.18 bits per heavy atom. The van der Waals surface area contributed by atoms with Crippen LogP contribution in [0.5, 0.6) is 0 Å². The van der Waals surface area contributed by atoms with Crippen molar-refractivity contribution in [2.24, 2.45) is 0 Å². The molecule has 33 heavy (non-hydrogen) atoms. The Morgan fingerprint density at radius 1 is 0.697 bits per heavy atom. The molecule has 0 aliphatic heterocycles. The van der Waals surface area contributed by atoms with E-state index in [9.17, 15) is 9.90 Å². The minimum absolute atomic E-state index is 0.171. The fraction of sp³-hybridized carbons (Fsp3) is 0.897. The first kappa shape index (κ1) is 32.1. The highest BCUT2D eigenvalue weighted by Gasteiger charge is 2.13. The summed E-state index contributed by atoms with van der Waals surface area (Å²) in [5, 5.41) is 9.45. The molecular weight excluding hydrogens is 412 g/mol. The topological polar surface area (TPSA) is 55.8 Å². The van der Waals surface area contributed by atoms with Gasteiger partial charge in [-0.15, -0.1) is 0 Å². The average Bonchev–Trinajstić information content (AvgIpc) is 2.82. The highest BCUT2D eigenvalue weighted by molar-refractivity contribution is 5.69. The zero-order valence-corrected chi connectivity index (χ0v) is 22.2. The molecule has 196 valence electrons. The molecule has 4 heteroatoms. The van der Waals surface area contributed by atoms with Crippen molar-refractivity contribution in [1.29, 1.82) is 0 Å². The van der Waals surface area contributed by atoms with Crippen molar-refractivity contribution in [2.45, 2.75) is 148 Å². The van der Waals surface area contributed by atoms with Gasteiger partial charge in [0.1, 0.15) is 6.10 Å². The normalized spacial score (nSPS) is 12.5. The van der Waals surface area contributed by atoms with Crippen LogP contribution in [0.25, 0.3) is 0 Å². The Kier molecular flexibility index (Phi) is 26.7. The van der Waals surface area contributed by atoms with E-state index in [1.165, 1.54) is 103 Å². The van der Waals surface area contributed by atoms with Gasteiger partial charge < -0.3 is 14.6 Å². The summed E-state index contributed by atoms with van der Waals surface area (Å²) in [4.78, 5) is 12.0. The molecule has 0 radical (unpaired) electrons. The third-order valence-corrected chi connectivity index (χ3v) is 6.09. The molecule has 0 aromatic rings. The van der Waals surface area contributed by atoms with Crippen LogP contribution in [-0.4, -0.2) is 37.0 Å². The van der Waals surface area contributed by atoms with Crippen molar-refractivity contribution in [2.75, 3.05) is 19.8 Å². The Labute approximate surface area is 205 Å². The monoisotopic (exact) mass is 468 g/mol. The van der Waals surface area contributed by atoms with Crippen LogP contribution in [0.3, 0.4) is 0 Å². The summed E-state index contributed by atoms with van der Waals surface area (Å²) < 4.78 is 11.0. The van der Waals surface area contributed by atoms with E-state index in [4.69, 9.17) is 9.47 Å². The van der Waals surface area contributed by atoms with Crippen LogP contribution < -0.4 is 0 Å². The summed E-state index contributed by atoms with van der Waals surface area (Å²) in [6.45, 7) is 5.29. The second kappa shape index (κ2) is 27.4. The molecule has 0 aromatic carbocycles. The predicted octanol–water partition coefficient (Wildman–Crippen LogP) is 8.31. The number of esters is 1. The van der Waals surface area contributed by atoms with Gasteiger partial charge in [-0.3, -0.25) is 4.79 Å². The fourth-order valence-corrected chi connectivity index (χ4v) is 3.91. The summed E-state index contributed by atoms with van der Waals surface area (Å²) in [6, 6.07) is 0. The number of ether oxygens (including phenoxy) is 2. The number of hydrogen-bond donors (Lipinski definition) is 1. The Hall–Kier alpha value is -0.870. The lowest BCUT2D eigenvalue weighted by atomic mass is 10.1. The first-order valence-corrected chi connectivity index (χ1v) is 14.3. The number of rotatable bonds is 26. The summed E-state index contributed by atoms with van der Waals surface area (Å²) in [6.07, 6.45) is 28.0. The molecule has 0 bridgehead atoms. The smallest absolute Gasteiger partial charge is 0.306 e. The van der Waals surface area contributed by atoms with Gasteiger partial charge in [0.25, 0.3) is 0 Å². The standard InChI is InChI=1S/C29H56O4/c1-3-5-7-9-11-13-14-15-16-18-20-22-24-29(31)33-28(26-30)27-32-25-23-21-19-17-12-10-8-6-4-2/h11,13,28,30H,3-10,12,14-27H2,1-2H3/b13-11-. The van der Waals surface area contributed by atoms with Crippen LogP contribution in [-0.2, 0) is 14.3 Å². The van der Waals surface area contributed by atoms with E-state index in [0.717, 1.165) is 19.3 Å². The van der Waals surface area contributed by atoms with Crippen molar-refractivity contribution in [3.8, 4) is 0 Å². The molecular formula is C29H56O4. The highest BCUT2D eigenvalue weighted by Crippen LogP contribution is 2.11. The Bertz CT molecular complexity index is 422. The van der Waals surface area contributed by atoms with Crippen LogP contribution in [0.1, 0.15) is 142 Å². The molecule has 0 aliphatic rings. The number of aliphatic hydroxyl groups is 1. The number of unbranched alkanes of at least 4 members (excludes halogenated alkanes) is 16. The maximum Gasteiger partial charge on any atom is 0.306 e. The number of aliphatic hydroxyl groups excluding tert-OH is 1. The molecule has 0 spiro atoms. The molecule has 0 saturated carbocycles. The molecule has 0 heterocycles. The fourth-order valence-electron chi connectivity index (χ4n) is 3.91. The minimum Gasteiger partial charge on any atom is -0.457 e. The third-order valence-electron chi connectivity index (χ3n) is 6.09. The van der Waals surface area contributed by atoms with Crippen molar-refractivity contribution in [3.05, 3.63) is 12.2 Å². The van der Waals surface area contributed by atoms with E-state index in [1.54, 1.807) is 0 Å². The van der Waals surface area contributed by atoms with Crippen molar-refractivity contribution >= 4 is 5.97 Å². The number of carbonyl (C=O) groups is 1. The van der Waals surface area contributed by atoms with Gasteiger partial charge in [0.05, 0.1) is 13.2 Å². The van der Waals surface area contributed by atoms with E-state index in [2.05, 4.69) is 26.0 Å². The van der Waals surface area contributed by atoms with Gasteiger partial charge >= 0.3 is 5.97 Å². The van der Waals surface area contributed by atoms with Gasteiger partial charge in [-0.1, -0.05) is 109 Å². The SMILES string of the molecule is CCCCC/C=C\CCCCCCCC(=O)OC(CO)COCCCCCCCCCCC. The molecule has 0 aliphatic carbocycles. The Morgan fingerprint density at radius 3 is 1.79 bits per heavy atom. The Balaban J connectivity index is 3.48. The van der Waals surface area contributed by atoms with Crippen LogP contribution in [0.2, 0.25) is 0 Å². The van der Waals surface area contributed by atoms with Gasteiger partial charge in [-0.05, 0) is 38.5 Å². The number of carbonyl (C=O) groups excluding carboxylic acids is 1. The van der Waals surface area contributed by atoms with E-state index in [0.29, 0.717) is 19.6 Å². The van der Waals surface area contributed by atoms with E-state index in [-0.39, 0.29) is 12.6 Å². The second-order valence-corrected chi connectivity index (χ2v) is 9.47. The van der Waals surface area contributed by atoms with E-state index >= 15 is 0 Å². The minimum atomic E-state index is -0.528. The second-order valence-electron chi connectivity index (χ2n) is 9.47. The number of allylic oxidation sites excluding steroid dienone is 2. The van der Waals surface area contributed by atoms with Crippen molar-refractivity contribution < 1.29 is 19.4 Å². The van der Waals surface area contributed by atoms with Gasteiger partial charge in [-0.25, -0.2) is 0 Å². The molecule has 0 rings (SSSR count).